The molecule has 0 bridgehead atoms. The van der Waals surface area contributed by atoms with Crippen molar-refractivity contribution in [3.05, 3.63) is 0 Å². The summed E-state index contributed by atoms with van der Waals surface area (Å²) in [6.07, 6.45) is 0.272. The third kappa shape index (κ3) is 4.64. The van der Waals surface area contributed by atoms with Crippen LogP contribution in [-0.2, 0) is 19.4 Å². The van der Waals surface area contributed by atoms with Gasteiger partial charge in [-0.15, -0.1) is 0 Å². The Labute approximate surface area is 91.9 Å². The third-order valence-electron chi connectivity index (χ3n) is 1.92. The first kappa shape index (κ1) is 14.4. The maximum absolute atomic E-state index is 11.8. The molecular weight excluding hydrogens is 216 g/mol. The Morgan fingerprint density at radius 3 is 2.13 bits per heavy atom. The zero-order chi connectivity index (χ0) is 12.1. The predicted octanol–water partition coefficient (Wildman–Crippen LogP) is 1.40. The van der Waals surface area contributed by atoms with E-state index in [2.05, 4.69) is 0 Å². The van der Waals surface area contributed by atoms with E-state index in [9.17, 15) is 13.2 Å². The van der Waals surface area contributed by atoms with Crippen molar-refractivity contribution < 1.29 is 17.9 Å². The Morgan fingerprint density at radius 1 is 1.27 bits per heavy atom. The number of hydrogen-bond acceptors (Lipinski definition) is 4. The number of hydrogen-bond donors (Lipinski definition) is 0. The van der Waals surface area contributed by atoms with E-state index in [0.29, 0.717) is 0 Å². The van der Waals surface area contributed by atoms with Gasteiger partial charge in [0.15, 0.2) is 15.1 Å². The summed E-state index contributed by atoms with van der Waals surface area (Å²) in [5.74, 6) is -0.566. The quantitative estimate of drug-likeness (QED) is 0.654. The molecule has 0 heterocycles. The molecule has 0 aliphatic carbocycles. The number of carbonyl (C=O) groups excluding carboxylic acids is 1. The third-order valence-corrected chi connectivity index (χ3v) is 4.44. The molecular formula is C10H20O4S. The van der Waals surface area contributed by atoms with Gasteiger partial charge in [0.25, 0.3) is 0 Å². The van der Waals surface area contributed by atoms with Crippen molar-refractivity contribution in [2.45, 2.75) is 39.4 Å². The molecule has 0 amide bonds. The topological polar surface area (TPSA) is 60.4 Å². The minimum atomic E-state index is -3.37. The molecule has 0 rings (SSSR count). The second-order valence-corrected chi connectivity index (χ2v) is 6.10. The number of ether oxygens (including phenoxy) is 1. The molecule has 1 atom stereocenters. The van der Waals surface area contributed by atoms with Crippen LogP contribution in [0.2, 0.25) is 0 Å². The standard InChI is InChI=1S/C10H20O4S/c1-5-9(10(11)14-6-2)15(12,13)7-8(3)4/h8-9H,5-7H2,1-4H3. The minimum absolute atomic E-state index is 0.0264. The number of carbonyl (C=O) groups is 1. The molecule has 0 aromatic heterocycles. The lowest BCUT2D eigenvalue weighted by Crippen LogP contribution is -2.34. The lowest BCUT2D eigenvalue weighted by atomic mass is 10.3. The fourth-order valence-electron chi connectivity index (χ4n) is 1.38. The predicted molar refractivity (Wildman–Crippen MR) is 59.3 cm³/mol. The monoisotopic (exact) mass is 236 g/mol. The van der Waals surface area contributed by atoms with Gasteiger partial charge in [-0.3, -0.25) is 4.79 Å². The Kier molecular flexibility index (Phi) is 5.87. The maximum Gasteiger partial charge on any atom is 0.324 e. The average Bonchev–Trinajstić information content (AvgIpc) is 2.01. The Bertz CT molecular complexity index is 293. The van der Waals surface area contributed by atoms with Gasteiger partial charge < -0.3 is 4.74 Å². The first-order valence-corrected chi connectivity index (χ1v) is 6.94. The molecule has 0 saturated carbocycles. The molecule has 0 aliphatic rings. The molecule has 5 heteroatoms. The molecule has 0 aliphatic heterocycles. The van der Waals surface area contributed by atoms with Gasteiger partial charge in [0.2, 0.25) is 0 Å². The number of rotatable bonds is 6. The van der Waals surface area contributed by atoms with Crippen molar-refractivity contribution in [3.63, 3.8) is 0 Å². The van der Waals surface area contributed by atoms with E-state index in [1.807, 2.05) is 13.8 Å². The van der Waals surface area contributed by atoms with Gasteiger partial charge in [0.1, 0.15) is 0 Å². The van der Waals surface area contributed by atoms with Crippen LogP contribution < -0.4 is 0 Å². The number of esters is 1. The van der Waals surface area contributed by atoms with Crippen LogP contribution in [0.1, 0.15) is 34.1 Å². The van der Waals surface area contributed by atoms with Crippen molar-refractivity contribution in [2.75, 3.05) is 12.4 Å². The highest BCUT2D eigenvalue weighted by atomic mass is 32.2. The molecule has 90 valence electrons. The SMILES string of the molecule is CCOC(=O)C(CC)S(=O)(=O)CC(C)C. The molecule has 15 heavy (non-hydrogen) atoms. The molecule has 0 fully saturated rings. The van der Waals surface area contributed by atoms with Gasteiger partial charge in [0.05, 0.1) is 12.4 Å². The van der Waals surface area contributed by atoms with Crippen molar-refractivity contribution in [1.29, 1.82) is 0 Å². The van der Waals surface area contributed by atoms with Crippen molar-refractivity contribution in [3.8, 4) is 0 Å². The highest BCUT2D eigenvalue weighted by molar-refractivity contribution is 7.92. The van der Waals surface area contributed by atoms with E-state index in [-0.39, 0.29) is 24.7 Å². The van der Waals surface area contributed by atoms with Crippen LogP contribution in [0.25, 0.3) is 0 Å². The largest absolute Gasteiger partial charge is 0.465 e. The van der Waals surface area contributed by atoms with Crippen LogP contribution >= 0.6 is 0 Å². The lowest BCUT2D eigenvalue weighted by Gasteiger charge is -2.15. The van der Waals surface area contributed by atoms with Gasteiger partial charge >= 0.3 is 5.97 Å². The first-order chi connectivity index (χ1) is 6.85. The van der Waals surface area contributed by atoms with Crippen LogP contribution in [0, 0.1) is 5.92 Å². The Morgan fingerprint density at radius 2 is 1.80 bits per heavy atom. The molecule has 4 nitrogen and oxygen atoms in total. The summed E-state index contributed by atoms with van der Waals surface area (Å²) in [4.78, 5) is 11.4. The summed E-state index contributed by atoms with van der Waals surface area (Å²) in [5, 5.41) is -1.00. The zero-order valence-corrected chi connectivity index (χ0v) is 10.6. The molecule has 0 N–H and O–H groups in total. The first-order valence-electron chi connectivity index (χ1n) is 5.23. The van der Waals surface area contributed by atoms with Crippen LogP contribution in [0.15, 0.2) is 0 Å². The van der Waals surface area contributed by atoms with E-state index in [1.54, 1.807) is 13.8 Å². The summed E-state index contributed by atoms with van der Waals surface area (Å²) < 4.78 is 28.3. The van der Waals surface area contributed by atoms with E-state index in [4.69, 9.17) is 4.74 Å². The zero-order valence-electron chi connectivity index (χ0n) is 9.82. The molecule has 0 radical (unpaired) electrons. The average molecular weight is 236 g/mol. The summed E-state index contributed by atoms with van der Waals surface area (Å²) >= 11 is 0. The fraction of sp³-hybridized carbons (Fsp3) is 0.900. The fourth-order valence-corrected chi connectivity index (χ4v) is 3.41. The van der Waals surface area contributed by atoms with Crippen molar-refractivity contribution in [2.24, 2.45) is 5.92 Å². The van der Waals surface area contributed by atoms with Crippen LogP contribution in [0.3, 0.4) is 0 Å². The summed E-state index contributed by atoms with van der Waals surface area (Å²) in [7, 11) is -3.37. The van der Waals surface area contributed by atoms with Gasteiger partial charge in [0, 0.05) is 0 Å². The second-order valence-electron chi connectivity index (χ2n) is 3.87. The van der Waals surface area contributed by atoms with E-state index < -0.39 is 21.1 Å². The highest BCUT2D eigenvalue weighted by Crippen LogP contribution is 2.12. The van der Waals surface area contributed by atoms with E-state index in [0.717, 1.165) is 0 Å². The van der Waals surface area contributed by atoms with E-state index in [1.165, 1.54) is 0 Å². The van der Waals surface area contributed by atoms with Crippen LogP contribution in [0.5, 0.6) is 0 Å². The Hall–Kier alpha value is -0.580. The van der Waals surface area contributed by atoms with Crippen LogP contribution in [-0.4, -0.2) is 32.0 Å². The molecule has 0 spiro atoms. The smallest absolute Gasteiger partial charge is 0.324 e. The molecule has 0 saturated heterocycles. The summed E-state index contributed by atoms with van der Waals surface area (Å²) in [5.41, 5.74) is 0. The normalized spacial score (nSPS) is 13.9. The van der Waals surface area contributed by atoms with E-state index >= 15 is 0 Å². The highest BCUT2D eigenvalue weighted by Gasteiger charge is 2.32. The lowest BCUT2D eigenvalue weighted by molar-refractivity contribution is -0.142. The van der Waals surface area contributed by atoms with Crippen LogP contribution in [0.4, 0.5) is 0 Å². The van der Waals surface area contributed by atoms with Gasteiger partial charge in [-0.25, -0.2) is 8.42 Å². The molecule has 1 unspecified atom stereocenters. The molecule has 0 aromatic carbocycles. The summed E-state index contributed by atoms with van der Waals surface area (Å²) in [6.45, 7) is 7.19. The van der Waals surface area contributed by atoms with Gasteiger partial charge in [-0.05, 0) is 19.3 Å². The van der Waals surface area contributed by atoms with Crippen molar-refractivity contribution >= 4 is 15.8 Å². The van der Waals surface area contributed by atoms with Gasteiger partial charge in [-0.2, -0.15) is 0 Å². The Balaban J connectivity index is 4.73. The number of sulfone groups is 1. The maximum atomic E-state index is 11.8. The second kappa shape index (κ2) is 6.10. The molecule has 0 aromatic rings. The minimum Gasteiger partial charge on any atom is -0.465 e. The summed E-state index contributed by atoms with van der Waals surface area (Å²) in [6, 6.07) is 0. The van der Waals surface area contributed by atoms with Gasteiger partial charge in [-0.1, -0.05) is 20.8 Å². The van der Waals surface area contributed by atoms with Crippen molar-refractivity contribution in [1.82, 2.24) is 0 Å².